The predicted molar refractivity (Wildman–Crippen MR) is 62.2 cm³/mol. The van der Waals surface area contributed by atoms with E-state index in [1.165, 1.54) is 12.1 Å². The fourth-order valence-corrected chi connectivity index (χ4v) is 1.69. The lowest BCUT2D eigenvalue weighted by Gasteiger charge is -2.07. The van der Waals surface area contributed by atoms with Gasteiger partial charge in [-0.3, -0.25) is 4.79 Å². The predicted octanol–water partition coefficient (Wildman–Crippen LogP) is 1.98. The van der Waals surface area contributed by atoms with Gasteiger partial charge >= 0.3 is 0 Å². The monoisotopic (exact) mass is 237 g/mol. The molecule has 92 valence electrons. The minimum Gasteiger partial charge on any atom is -0.492 e. The molecule has 0 aliphatic heterocycles. The quantitative estimate of drug-likeness (QED) is 0.795. The van der Waals surface area contributed by atoms with Gasteiger partial charge in [-0.1, -0.05) is 6.92 Å². The van der Waals surface area contributed by atoms with Gasteiger partial charge in [0, 0.05) is 5.92 Å². The van der Waals surface area contributed by atoms with Gasteiger partial charge in [0.1, 0.15) is 18.2 Å². The zero-order valence-electron chi connectivity index (χ0n) is 9.78. The molecule has 1 aromatic carbocycles. The third-order valence-electron chi connectivity index (χ3n) is 2.93. The summed E-state index contributed by atoms with van der Waals surface area (Å²) in [6.45, 7) is 2.96. The summed E-state index contributed by atoms with van der Waals surface area (Å²) in [5, 5.41) is 2.82. The van der Waals surface area contributed by atoms with E-state index in [1.807, 2.05) is 0 Å². The number of halogens is 1. The largest absolute Gasteiger partial charge is 0.492 e. The fraction of sp³-hybridized carbons (Fsp3) is 0.462. The average molecular weight is 237 g/mol. The van der Waals surface area contributed by atoms with Gasteiger partial charge in [0.2, 0.25) is 5.91 Å². The van der Waals surface area contributed by atoms with Crippen LogP contribution in [0.15, 0.2) is 24.3 Å². The molecule has 0 saturated heterocycles. The Morgan fingerprint density at radius 1 is 1.47 bits per heavy atom. The minimum atomic E-state index is -0.284. The molecule has 2 rings (SSSR count). The molecular weight excluding hydrogens is 221 g/mol. The second kappa shape index (κ2) is 5.17. The van der Waals surface area contributed by atoms with E-state index in [4.69, 9.17) is 4.74 Å². The van der Waals surface area contributed by atoms with Crippen molar-refractivity contribution in [1.82, 2.24) is 5.32 Å². The maximum Gasteiger partial charge on any atom is 0.223 e. The molecule has 0 spiro atoms. The van der Waals surface area contributed by atoms with Crippen LogP contribution in [0.25, 0.3) is 0 Å². The Hall–Kier alpha value is -1.58. The van der Waals surface area contributed by atoms with E-state index < -0.39 is 0 Å². The second-order valence-corrected chi connectivity index (χ2v) is 4.41. The van der Waals surface area contributed by atoms with Crippen molar-refractivity contribution in [2.24, 2.45) is 11.8 Å². The highest BCUT2D eigenvalue weighted by molar-refractivity contribution is 5.81. The number of rotatable bonds is 5. The minimum absolute atomic E-state index is 0.111. The molecule has 0 heterocycles. The molecular formula is C13H16FNO2. The van der Waals surface area contributed by atoms with Crippen LogP contribution in [0.5, 0.6) is 5.75 Å². The number of carbonyl (C=O) groups is 1. The van der Waals surface area contributed by atoms with Crippen LogP contribution < -0.4 is 10.1 Å². The van der Waals surface area contributed by atoms with Crippen molar-refractivity contribution < 1.29 is 13.9 Å². The number of hydrogen-bond donors (Lipinski definition) is 1. The van der Waals surface area contributed by atoms with Crippen molar-refractivity contribution in [1.29, 1.82) is 0 Å². The number of amides is 1. The van der Waals surface area contributed by atoms with E-state index in [0.29, 0.717) is 24.8 Å². The number of ether oxygens (including phenoxy) is 1. The fourth-order valence-electron chi connectivity index (χ4n) is 1.69. The van der Waals surface area contributed by atoms with Gasteiger partial charge in [-0.25, -0.2) is 4.39 Å². The van der Waals surface area contributed by atoms with Crippen LogP contribution in [0.3, 0.4) is 0 Å². The molecule has 1 aromatic rings. The van der Waals surface area contributed by atoms with Crippen molar-refractivity contribution in [2.45, 2.75) is 13.3 Å². The van der Waals surface area contributed by atoms with Gasteiger partial charge < -0.3 is 10.1 Å². The SMILES string of the molecule is C[C@@H]1C[C@H]1C(=O)NCCOc1ccc(F)cc1. The summed E-state index contributed by atoms with van der Waals surface area (Å²) >= 11 is 0. The third-order valence-corrected chi connectivity index (χ3v) is 2.93. The highest BCUT2D eigenvalue weighted by Gasteiger charge is 2.38. The average Bonchev–Trinajstić information content (AvgIpc) is 3.04. The van der Waals surface area contributed by atoms with Crippen LogP contribution in [0.2, 0.25) is 0 Å². The molecule has 1 aliphatic carbocycles. The van der Waals surface area contributed by atoms with Gasteiger partial charge in [0.05, 0.1) is 6.54 Å². The van der Waals surface area contributed by atoms with Crippen molar-refractivity contribution >= 4 is 5.91 Å². The molecule has 0 aromatic heterocycles. The summed E-state index contributed by atoms with van der Waals surface area (Å²) in [6, 6.07) is 5.83. The van der Waals surface area contributed by atoms with Gasteiger partial charge in [0.15, 0.2) is 0 Å². The topological polar surface area (TPSA) is 38.3 Å². The maximum absolute atomic E-state index is 12.6. The van der Waals surface area contributed by atoms with Crippen molar-refractivity contribution in [2.75, 3.05) is 13.2 Å². The number of carbonyl (C=O) groups excluding carboxylic acids is 1. The Morgan fingerprint density at radius 3 is 2.71 bits per heavy atom. The van der Waals surface area contributed by atoms with Crippen LogP contribution in [-0.4, -0.2) is 19.1 Å². The standard InChI is InChI=1S/C13H16FNO2/c1-9-8-12(9)13(16)15-6-7-17-11-4-2-10(14)3-5-11/h2-5,9,12H,6-8H2,1H3,(H,15,16)/t9-,12-/m1/s1. The smallest absolute Gasteiger partial charge is 0.223 e. The first-order chi connectivity index (χ1) is 8.16. The Labute approximate surface area is 100.0 Å². The Morgan fingerprint density at radius 2 is 2.12 bits per heavy atom. The second-order valence-electron chi connectivity index (χ2n) is 4.41. The summed E-state index contributed by atoms with van der Waals surface area (Å²) in [6.07, 6.45) is 0.991. The van der Waals surface area contributed by atoms with Crippen molar-refractivity contribution in [3.63, 3.8) is 0 Å². The van der Waals surface area contributed by atoms with Crippen LogP contribution >= 0.6 is 0 Å². The molecule has 1 fully saturated rings. The molecule has 3 nitrogen and oxygen atoms in total. The van der Waals surface area contributed by atoms with Crippen LogP contribution in [0.1, 0.15) is 13.3 Å². The zero-order valence-corrected chi connectivity index (χ0v) is 9.78. The Kier molecular flexibility index (Phi) is 3.61. The van der Waals surface area contributed by atoms with Crippen molar-refractivity contribution in [3.05, 3.63) is 30.1 Å². The van der Waals surface area contributed by atoms with Crippen LogP contribution in [0, 0.1) is 17.7 Å². The first-order valence-corrected chi connectivity index (χ1v) is 5.83. The summed E-state index contributed by atoms with van der Waals surface area (Å²) in [7, 11) is 0. The molecule has 2 atom stereocenters. The zero-order chi connectivity index (χ0) is 12.3. The summed E-state index contributed by atoms with van der Waals surface area (Å²) in [4.78, 5) is 11.5. The number of hydrogen-bond acceptors (Lipinski definition) is 2. The Balaban J connectivity index is 1.63. The van der Waals surface area contributed by atoms with Gasteiger partial charge in [-0.15, -0.1) is 0 Å². The molecule has 1 N–H and O–H groups in total. The number of nitrogens with one attached hydrogen (secondary N) is 1. The summed E-state index contributed by atoms with van der Waals surface area (Å²) in [5.74, 6) is 1.16. The Bertz CT molecular complexity index is 391. The highest BCUT2D eigenvalue weighted by atomic mass is 19.1. The highest BCUT2D eigenvalue weighted by Crippen LogP contribution is 2.37. The van der Waals surface area contributed by atoms with E-state index in [9.17, 15) is 9.18 Å². The summed E-state index contributed by atoms with van der Waals surface area (Å²) in [5.41, 5.74) is 0. The number of benzene rings is 1. The molecule has 1 aliphatic rings. The van der Waals surface area contributed by atoms with E-state index in [-0.39, 0.29) is 17.6 Å². The first-order valence-electron chi connectivity index (χ1n) is 5.83. The maximum atomic E-state index is 12.6. The molecule has 1 amide bonds. The van der Waals surface area contributed by atoms with Gasteiger partial charge in [-0.05, 0) is 36.6 Å². The van der Waals surface area contributed by atoms with E-state index in [2.05, 4.69) is 12.2 Å². The lowest BCUT2D eigenvalue weighted by molar-refractivity contribution is -0.122. The lowest BCUT2D eigenvalue weighted by Crippen LogP contribution is -2.29. The van der Waals surface area contributed by atoms with E-state index in [1.54, 1.807) is 12.1 Å². The normalized spacial score (nSPS) is 22.0. The molecule has 17 heavy (non-hydrogen) atoms. The van der Waals surface area contributed by atoms with Gasteiger partial charge in [-0.2, -0.15) is 0 Å². The summed E-state index contributed by atoms with van der Waals surface area (Å²) < 4.78 is 18.0. The molecule has 0 radical (unpaired) electrons. The van der Waals surface area contributed by atoms with Crippen molar-refractivity contribution in [3.8, 4) is 5.75 Å². The molecule has 4 heteroatoms. The molecule has 0 bridgehead atoms. The molecule has 0 unspecified atom stereocenters. The van der Waals surface area contributed by atoms with E-state index >= 15 is 0 Å². The third kappa shape index (κ3) is 3.44. The van der Waals surface area contributed by atoms with Gasteiger partial charge in [0.25, 0.3) is 0 Å². The lowest BCUT2D eigenvalue weighted by atomic mass is 10.3. The van der Waals surface area contributed by atoms with Crippen LogP contribution in [-0.2, 0) is 4.79 Å². The van der Waals surface area contributed by atoms with E-state index in [0.717, 1.165) is 6.42 Å². The first kappa shape index (κ1) is 11.9. The molecule has 1 saturated carbocycles. The van der Waals surface area contributed by atoms with Crippen LogP contribution in [0.4, 0.5) is 4.39 Å².